The number of nitrogens with zero attached hydrogens (tertiary/aromatic N) is 1. The summed E-state index contributed by atoms with van der Waals surface area (Å²) in [5, 5.41) is 18.1. The molecule has 228 valence electrons. The van der Waals surface area contributed by atoms with Crippen molar-refractivity contribution in [2.75, 3.05) is 40.5 Å². The lowest BCUT2D eigenvalue weighted by Crippen LogP contribution is -2.32. The number of nitro benzene ring substituents is 1. The molecule has 0 bridgehead atoms. The monoisotopic (exact) mass is 585 g/mol. The Labute approximate surface area is 245 Å². The van der Waals surface area contributed by atoms with Crippen LogP contribution in [-0.2, 0) is 19.1 Å². The van der Waals surface area contributed by atoms with Crippen molar-refractivity contribution in [3.8, 4) is 11.5 Å². The normalized spacial score (nSPS) is 13.1. The number of unbranched alkanes of at least 4 members (excludes halogenated alkanes) is 1. The van der Waals surface area contributed by atoms with Gasteiger partial charge in [-0.05, 0) is 64.4 Å². The van der Waals surface area contributed by atoms with Gasteiger partial charge in [-0.3, -0.25) is 10.1 Å². The minimum atomic E-state index is -0.995. The summed E-state index contributed by atoms with van der Waals surface area (Å²) in [7, 11) is 2.47. The maximum absolute atomic E-state index is 12.9. The summed E-state index contributed by atoms with van der Waals surface area (Å²) in [5.41, 5.74) is 1.31. The minimum absolute atomic E-state index is 0. The van der Waals surface area contributed by atoms with Gasteiger partial charge in [-0.2, -0.15) is 0 Å². The Morgan fingerprint density at radius 1 is 0.881 bits per heavy atom. The second-order valence-corrected chi connectivity index (χ2v) is 9.42. The molecule has 2 aromatic carbocycles. The number of hydrogen-bond acceptors (Lipinski definition) is 10. The minimum Gasteiger partial charge on any atom is -0.494 e. The van der Waals surface area contributed by atoms with E-state index in [2.05, 4.69) is 10.6 Å². The lowest BCUT2D eigenvalue weighted by atomic mass is 9.80. The highest BCUT2D eigenvalue weighted by atomic mass is 16.6. The van der Waals surface area contributed by atoms with Gasteiger partial charge in [-0.1, -0.05) is 18.2 Å². The highest BCUT2D eigenvalue weighted by molar-refractivity contribution is 6.00. The SMILES string of the molecule is COC(=O)C1=C(C)NC(C)=C(C(=O)OC)C1c1cc([N+](=O)[O-])ccc1OCCCCNCCCOc1ccccc1.O. The smallest absolute Gasteiger partial charge is 0.336 e. The third kappa shape index (κ3) is 8.79. The van der Waals surface area contributed by atoms with E-state index in [0.717, 1.165) is 31.7 Å². The average Bonchev–Trinajstić information content (AvgIpc) is 2.97. The first-order valence-electron chi connectivity index (χ1n) is 13.4. The molecular weight excluding hydrogens is 546 g/mol. The van der Waals surface area contributed by atoms with Crippen LogP contribution in [0.4, 0.5) is 5.69 Å². The summed E-state index contributed by atoms with van der Waals surface area (Å²) in [6, 6.07) is 13.8. The molecule has 12 heteroatoms. The summed E-state index contributed by atoms with van der Waals surface area (Å²) in [6.45, 7) is 5.92. The van der Waals surface area contributed by atoms with Gasteiger partial charge in [0, 0.05) is 29.1 Å². The van der Waals surface area contributed by atoms with Gasteiger partial charge in [-0.15, -0.1) is 0 Å². The Balaban J connectivity index is 0.00000616. The van der Waals surface area contributed by atoms with Crippen LogP contribution in [0.3, 0.4) is 0 Å². The molecule has 0 aliphatic carbocycles. The van der Waals surface area contributed by atoms with E-state index in [-0.39, 0.29) is 22.3 Å². The number of carbonyl (C=O) groups is 2. The molecule has 0 atom stereocenters. The van der Waals surface area contributed by atoms with Crippen LogP contribution in [0, 0.1) is 10.1 Å². The topological polar surface area (TPSA) is 170 Å². The van der Waals surface area contributed by atoms with Crippen LogP contribution in [0.1, 0.15) is 44.6 Å². The molecule has 0 radical (unpaired) electrons. The standard InChI is InChI=1S/C30H37N3O8.H2O/c1-20-26(29(34)38-3)28(27(21(2)32-20)30(35)39-4)24-19-22(33(36)37)13-14-25(24)41-17-9-8-15-31-16-10-18-40-23-11-6-5-7-12-23;/h5-7,11-14,19,28,31-32H,8-10,15-18H2,1-4H3;1H2. The molecule has 12 nitrogen and oxygen atoms in total. The number of carbonyl (C=O) groups excluding carboxylic acids is 2. The van der Waals surface area contributed by atoms with E-state index in [1.165, 1.54) is 32.4 Å². The number of methoxy groups -OCH3 is 2. The largest absolute Gasteiger partial charge is 0.494 e. The fourth-order valence-electron chi connectivity index (χ4n) is 4.64. The summed E-state index contributed by atoms with van der Waals surface area (Å²) in [6.07, 6.45) is 2.43. The van der Waals surface area contributed by atoms with Gasteiger partial charge in [0.05, 0.1) is 49.4 Å². The fourth-order valence-corrected chi connectivity index (χ4v) is 4.64. The van der Waals surface area contributed by atoms with Gasteiger partial charge in [0.25, 0.3) is 5.69 Å². The molecule has 42 heavy (non-hydrogen) atoms. The van der Waals surface area contributed by atoms with Crippen LogP contribution in [0.5, 0.6) is 11.5 Å². The Morgan fingerprint density at radius 3 is 2.07 bits per heavy atom. The van der Waals surface area contributed by atoms with E-state index >= 15 is 0 Å². The van der Waals surface area contributed by atoms with Gasteiger partial charge < -0.3 is 35.1 Å². The Bertz CT molecular complexity index is 1250. The number of non-ortho nitro benzene ring substituents is 1. The van der Waals surface area contributed by atoms with Crippen LogP contribution in [0.2, 0.25) is 0 Å². The van der Waals surface area contributed by atoms with Crippen molar-refractivity contribution in [2.24, 2.45) is 0 Å². The average molecular weight is 586 g/mol. The van der Waals surface area contributed by atoms with Crippen LogP contribution < -0.4 is 20.1 Å². The van der Waals surface area contributed by atoms with Crippen molar-refractivity contribution in [2.45, 2.75) is 39.0 Å². The van der Waals surface area contributed by atoms with Crippen molar-refractivity contribution in [3.63, 3.8) is 0 Å². The van der Waals surface area contributed by atoms with E-state index in [0.29, 0.717) is 42.3 Å². The van der Waals surface area contributed by atoms with Crippen molar-refractivity contribution in [3.05, 3.63) is 86.7 Å². The predicted octanol–water partition coefficient (Wildman–Crippen LogP) is 3.57. The molecule has 0 amide bonds. The molecule has 0 spiro atoms. The number of rotatable bonds is 15. The molecule has 2 aromatic rings. The van der Waals surface area contributed by atoms with E-state index in [1.54, 1.807) is 13.8 Å². The van der Waals surface area contributed by atoms with Crippen LogP contribution in [0.15, 0.2) is 71.1 Å². The molecule has 0 aromatic heterocycles. The molecule has 4 N–H and O–H groups in total. The van der Waals surface area contributed by atoms with Gasteiger partial charge >= 0.3 is 11.9 Å². The van der Waals surface area contributed by atoms with E-state index in [4.69, 9.17) is 18.9 Å². The van der Waals surface area contributed by atoms with Gasteiger partial charge in [-0.25, -0.2) is 9.59 Å². The fraction of sp³-hybridized carbons (Fsp3) is 0.400. The lowest BCUT2D eigenvalue weighted by molar-refractivity contribution is -0.384. The zero-order valence-electron chi connectivity index (χ0n) is 24.4. The summed E-state index contributed by atoms with van der Waals surface area (Å²) in [5.74, 6) is -1.16. The highest BCUT2D eigenvalue weighted by Gasteiger charge is 2.39. The number of allylic oxidation sites excluding steroid dienone is 2. The van der Waals surface area contributed by atoms with Crippen LogP contribution >= 0.6 is 0 Å². The maximum Gasteiger partial charge on any atom is 0.336 e. The molecule has 1 aliphatic heterocycles. The Morgan fingerprint density at radius 2 is 1.48 bits per heavy atom. The molecule has 0 saturated heterocycles. The van der Waals surface area contributed by atoms with Crippen LogP contribution in [-0.4, -0.2) is 62.9 Å². The number of dihydropyridines is 1. The maximum atomic E-state index is 12.9. The molecule has 3 rings (SSSR count). The van der Waals surface area contributed by atoms with Gasteiger partial charge in [0.2, 0.25) is 0 Å². The molecular formula is C30H39N3O9. The zero-order valence-corrected chi connectivity index (χ0v) is 24.4. The first kappa shape index (κ1) is 33.8. The number of ether oxygens (including phenoxy) is 4. The summed E-state index contributed by atoms with van der Waals surface area (Å²) < 4.78 is 21.8. The van der Waals surface area contributed by atoms with E-state index in [9.17, 15) is 19.7 Å². The lowest BCUT2D eigenvalue weighted by Gasteiger charge is -2.30. The predicted molar refractivity (Wildman–Crippen MR) is 156 cm³/mol. The van der Waals surface area contributed by atoms with E-state index < -0.39 is 22.8 Å². The number of para-hydroxylation sites is 1. The van der Waals surface area contributed by atoms with E-state index in [1.807, 2.05) is 30.3 Å². The van der Waals surface area contributed by atoms with Crippen molar-refractivity contribution < 1.29 is 38.9 Å². The molecule has 0 fully saturated rings. The first-order chi connectivity index (χ1) is 19.8. The second kappa shape index (κ2) is 16.7. The first-order valence-corrected chi connectivity index (χ1v) is 13.4. The zero-order chi connectivity index (χ0) is 29.8. The third-order valence-corrected chi connectivity index (χ3v) is 6.60. The summed E-state index contributed by atoms with van der Waals surface area (Å²) in [4.78, 5) is 36.9. The second-order valence-electron chi connectivity index (χ2n) is 9.42. The molecule has 1 aliphatic rings. The quantitative estimate of drug-likeness (QED) is 0.136. The number of esters is 2. The molecule has 0 saturated carbocycles. The number of benzene rings is 2. The number of nitrogens with one attached hydrogen (secondary N) is 2. The molecule has 1 heterocycles. The van der Waals surface area contributed by atoms with Gasteiger partial charge in [0.15, 0.2) is 0 Å². The number of nitro groups is 1. The third-order valence-electron chi connectivity index (χ3n) is 6.60. The van der Waals surface area contributed by atoms with Crippen LogP contribution in [0.25, 0.3) is 0 Å². The van der Waals surface area contributed by atoms with Crippen molar-refractivity contribution in [1.82, 2.24) is 10.6 Å². The summed E-state index contributed by atoms with van der Waals surface area (Å²) >= 11 is 0. The van der Waals surface area contributed by atoms with Crippen molar-refractivity contribution in [1.29, 1.82) is 0 Å². The molecule has 0 unspecified atom stereocenters. The Kier molecular flexibility index (Phi) is 13.5. The highest BCUT2D eigenvalue weighted by Crippen LogP contribution is 2.44. The number of hydrogen-bond donors (Lipinski definition) is 2. The Hall–Kier alpha value is -4.42. The van der Waals surface area contributed by atoms with Crippen molar-refractivity contribution >= 4 is 17.6 Å². The van der Waals surface area contributed by atoms with Gasteiger partial charge in [0.1, 0.15) is 11.5 Å².